The van der Waals surface area contributed by atoms with Gasteiger partial charge >= 0.3 is 0 Å². The van der Waals surface area contributed by atoms with Crippen molar-refractivity contribution in [1.29, 1.82) is 0 Å². The Morgan fingerprint density at radius 2 is 1.74 bits per heavy atom. The Hall–Kier alpha value is -3.34. The second kappa shape index (κ2) is 10.7. The van der Waals surface area contributed by atoms with Crippen molar-refractivity contribution in [2.75, 3.05) is 36.9 Å². The maximum atomic E-state index is 13.4. The van der Waals surface area contributed by atoms with Crippen LogP contribution in [-0.2, 0) is 26.2 Å². The molecule has 0 fully saturated rings. The number of fused-ring (bicyclic) bond motifs is 1. The summed E-state index contributed by atoms with van der Waals surface area (Å²) in [7, 11) is -3.87. The van der Waals surface area contributed by atoms with Gasteiger partial charge in [-0.15, -0.1) is 0 Å². The van der Waals surface area contributed by atoms with Gasteiger partial charge in [-0.25, -0.2) is 12.8 Å². The highest BCUT2D eigenvalue weighted by Gasteiger charge is 2.30. The van der Waals surface area contributed by atoms with E-state index in [0.29, 0.717) is 36.8 Å². The van der Waals surface area contributed by atoms with Gasteiger partial charge in [-0.1, -0.05) is 12.1 Å². The molecule has 0 aliphatic carbocycles. The second-order valence-corrected chi connectivity index (χ2v) is 9.72. The SMILES string of the molecule is CCNC(=O)[C@@H](C)N(Cc1ccc(F)cc1)C(=O)CN(c1ccc2c(c1)OCCO2)S(C)(=O)=O. The van der Waals surface area contributed by atoms with Gasteiger partial charge in [0.1, 0.15) is 31.6 Å². The van der Waals surface area contributed by atoms with E-state index >= 15 is 0 Å². The van der Waals surface area contributed by atoms with Crippen molar-refractivity contribution < 1.29 is 31.9 Å². The summed E-state index contributed by atoms with van der Waals surface area (Å²) in [4.78, 5) is 27.2. The number of ether oxygens (including phenoxy) is 2. The van der Waals surface area contributed by atoms with Gasteiger partial charge in [0.25, 0.3) is 0 Å². The van der Waals surface area contributed by atoms with Crippen molar-refractivity contribution in [3.05, 3.63) is 53.8 Å². The lowest BCUT2D eigenvalue weighted by molar-refractivity contribution is -0.139. The van der Waals surface area contributed by atoms with Crippen molar-refractivity contribution >= 4 is 27.5 Å². The van der Waals surface area contributed by atoms with Crippen LogP contribution in [0.15, 0.2) is 42.5 Å². The molecule has 0 aromatic heterocycles. The number of amides is 2. The summed E-state index contributed by atoms with van der Waals surface area (Å²) in [5, 5.41) is 2.67. The van der Waals surface area contributed by atoms with Crippen LogP contribution in [0.4, 0.5) is 10.1 Å². The minimum absolute atomic E-state index is 0.00381. The third kappa shape index (κ3) is 6.16. The van der Waals surface area contributed by atoms with Gasteiger partial charge in [-0.05, 0) is 43.7 Å². The first-order valence-corrected chi connectivity index (χ1v) is 12.6. The topological polar surface area (TPSA) is 105 Å². The molecule has 3 rings (SSSR count). The fraction of sp³-hybridized carbons (Fsp3) is 0.391. The van der Waals surface area contributed by atoms with Gasteiger partial charge in [0, 0.05) is 19.2 Å². The highest BCUT2D eigenvalue weighted by molar-refractivity contribution is 7.92. The zero-order valence-electron chi connectivity index (χ0n) is 19.3. The molecule has 0 spiro atoms. The summed E-state index contributed by atoms with van der Waals surface area (Å²) in [6.45, 7) is 3.85. The fourth-order valence-corrected chi connectivity index (χ4v) is 4.33. The molecule has 1 atom stereocenters. The van der Waals surface area contributed by atoms with Crippen LogP contribution in [0.25, 0.3) is 0 Å². The minimum atomic E-state index is -3.87. The lowest BCUT2D eigenvalue weighted by Crippen LogP contribution is -2.51. The van der Waals surface area contributed by atoms with E-state index in [4.69, 9.17) is 9.47 Å². The van der Waals surface area contributed by atoms with E-state index in [1.165, 1.54) is 41.3 Å². The molecule has 0 saturated carbocycles. The van der Waals surface area contributed by atoms with Crippen molar-refractivity contribution in [2.45, 2.75) is 26.4 Å². The maximum Gasteiger partial charge on any atom is 0.244 e. The van der Waals surface area contributed by atoms with Gasteiger partial charge in [-0.2, -0.15) is 0 Å². The van der Waals surface area contributed by atoms with Gasteiger partial charge in [-0.3, -0.25) is 13.9 Å². The first-order valence-electron chi connectivity index (χ1n) is 10.8. The number of benzene rings is 2. The number of halogens is 1. The molecule has 0 bridgehead atoms. The number of carbonyl (C=O) groups excluding carboxylic acids is 2. The highest BCUT2D eigenvalue weighted by Crippen LogP contribution is 2.34. The van der Waals surface area contributed by atoms with Crippen LogP contribution in [-0.4, -0.2) is 63.7 Å². The van der Waals surface area contributed by atoms with Crippen molar-refractivity contribution in [2.24, 2.45) is 0 Å². The summed E-state index contributed by atoms with van der Waals surface area (Å²) in [5.74, 6) is -0.548. The monoisotopic (exact) mass is 493 g/mol. The van der Waals surface area contributed by atoms with E-state index in [1.807, 2.05) is 0 Å². The summed E-state index contributed by atoms with van der Waals surface area (Å²) in [6.07, 6.45) is 0.995. The molecule has 0 saturated heterocycles. The molecule has 2 amide bonds. The van der Waals surface area contributed by atoms with Gasteiger partial charge < -0.3 is 19.7 Å². The average molecular weight is 494 g/mol. The molecular formula is C23H28FN3O6S. The zero-order chi connectivity index (χ0) is 24.9. The number of hydrogen-bond acceptors (Lipinski definition) is 6. The molecule has 1 heterocycles. The second-order valence-electron chi connectivity index (χ2n) is 7.82. The molecule has 1 aliphatic heterocycles. The van der Waals surface area contributed by atoms with E-state index in [-0.39, 0.29) is 18.1 Å². The maximum absolute atomic E-state index is 13.4. The van der Waals surface area contributed by atoms with Crippen LogP contribution in [0.5, 0.6) is 11.5 Å². The van der Waals surface area contributed by atoms with E-state index in [1.54, 1.807) is 19.9 Å². The molecule has 184 valence electrons. The quantitative estimate of drug-likeness (QED) is 0.572. The number of nitrogens with one attached hydrogen (secondary N) is 1. The largest absolute Gasteiger partial charge is 0.486 e. The van der Waals surface area contributed by atoms with Gasteiger partial charge in [0.2, 0.25) is 21.8 Å². The van der Waals surface area contributed by atoms with Crippen LogP contribution in [0.2, 0.25) is 0 Å². The summed E-state index contributed by atoms with van der Waals surface area (Å²) < 4.78 is 50.6. The molecule has 9 nitrogen and oxygen atoms in total. The average Bonchev–Trinajstić information content (AvgIpc) is 2.80. The molecule has 1 aliphatic rings. The molecule has 2 aromatic rings. The Labute approximate surface area is 198 Å². The predicted octanol–water partition coefficient (Wildman–Crippen LogP) is 1.92. The molecule has 0 radical (unpaired) electrons. The summed E-state index contributed by atoms with van der Waals surface area (Å²) in [5.41, 5.74) is 0.823. The normalized spacial score (nSPS) is 13.6. The third-order valence-corrected chi connectivity index (χ3v) is 6.42. The Morgan fingerprint density at radius 3 is 2.35 bits per heavy atom. The van der Waals surface area contributed by atoms with E-state index in [9.17, 15) is 22.4 Å². The molecule has 1 N–H and O–H groups in total. The standard InChI is InChI=1S/C23H28FN3O6S/c1-4-25-23(29)16(2)26(14-17-5-7-18(24)8-6-17)22(28)15-27(34(3,30)31)19-9-10-20-21(13-19)33-12-11-32-20/h5-10,13,16H,4,11-12,14-15H2,1-3H3,(H,25,29)/t16-/m1/s1. The van der Waals surface area contributed by atoms with Crippen molar-refractivity contribution in [3.63, 3.8) is 0 Å². The Kier molecular flexibility index (Phi) is 7.98. The minimum Gasteiger partial charge on any atom is -0.486 e. The van der Waals surface area contributed by atoms with E-state index in [2.05, 4.69) is 5.32 Å². The van der Waals surface area contributed by atoms with Gasteiger partial charge in [0.05, 0.1) is 11.9 Å². The number of carbonyl (C=O) groups is 2. The molecule has 0 unspecified atom stereocenters. The Bertz CT molecular complexity index is 1140. The third-order valence-electron chi connectivity index (χ3n) is 5.28. The van der Waals surface area contributed by atoms with E-state index < -0.39 is 34.3 Å². The highest BCUT2D eigenvalue weighted by atomic mass is 32.2. The van der Waals surface area contributed by atoms with Gasteiger partial charge in [0.15, 0.2) is 11.5 Å². The molecule has 34 heavy (non-hydrogen) atoms. The summed E-state index contributed by atoms with van der Waals surface area (Å²) >= 11 is 0. The molecular weight excluding hydrogens is 465 g/mol. The molecule has 11 heteroatoms. The van der Waals surface area contributed by atoms with Crippen LogP contribution in [0.1, 0.15) is 19.4 Å². The predicted molar refractivity (Wildman–Crippen MR) is 125 cm³/mol. The number of hydrogen-bond donors (Lipinski definition) is 1. The van der Waals surface area contributed by atoms with Crippen LogP contribution < -0.4 is 19.1 Å². The summed E-state index contributed by atoms with van der Waals surface area (Å²) in [6, 6.07) is 9.25. The van der Waals surface area contributed by atoms with E-state index in [0.717, 1.165) is 10.6 Å². The van der Waals surface area contributed by atoms with Crippen LogP contribution in [0, 0.1) is 5.82 Å². The Balaban J connectivity index is 1.91. The lowest BCUT2D eigenvalue weighted by atomic mass is 10.1. The van der Waals surface area contributed by atoms with Crippen LogP contribution >= 0.6 is 0 Å². The Morgan fingerprint density at radius 1 is 1.09 bits per heavy atom. The fourth-order valence-electron chi connectivity index (χ4n) is 3.49. The number of nitrogens with zero attached hydrogens (tertiary/aromatic N) is 2. The van der Waals surface area contributed by atoms with Crippen molar-refractivity contribution in [3.8, 4) is 11.5 Å². The number of rotatable bonds is 9. The van der Waals surface area contributed by atoms with Crippen LogP contribution in [0.3, 0.4) is 0 Å². The number of likely N-dealkylation sites (N-methyl/N-ethyl adjacent to an activating group) is 1. The zero-order valence-corrected chi connectivity index (χ0v) is 20.1. The smallest absolute Gasteiger partial charge is 0.244 e. The lowest BCUT2D eigenvalue weighted by Gasteiger charge is -2.31. The number of anilines is 1. The first-order chi connectivity index (χ1) is 16.1. The van der Waals surface area contributed by atoms with Crippen molar-refractivity contribution in [1.82, 2.24) is 10.2 Å². The first kappa shape index (κ1) is 25.3. The molecule has 2 aromatic carbocycles. The number of sulfonamides is 1.